The smallest absolute Gasteiger partial charge is 0.305 e. The zero-order chi connectivity index (χ0) is 19.9. The molecule has 0 spiro atoms. The standard InChI is InChI=1S/C22H31FN2O3.ClH/c1-28-21(26)9-4-15-2-6-18(7-3-15)25-22(27)19-8-5-17(14-20(19)23)16-10-12-24-13-11-16;/h5,8,14-16,18,24H,2-4,6-7,9-13H2,1H3,(H,25,27);1H/t15-,18-;. The van der Waals surface area contributed by atoms with Gasteiger partial charge < -0.3 is 15.4 Å². The van der Waals surface area contributed by atoms with Crippen LogP contribution in [0.2, 0.25) is 0 Å². The quantitative estimate of drug-likeness (QED) is 0.676. The molecule has 1 aliphatic carbocycles. The molecule has 0 aromatic heterocycles. The predicted octanol–water partition coefficient (Wildman–Crippen LogP) is 3.96. The molecule has 2 N–H and O–H groups in total. The Balaban J connectivity index is 0.00000300. The normalized spacial score (nSPS) is 22.4. The summed E-state index contributed by atoms with van der Waals surface area (Å²) in [7, 11) is 1.41. The van der Waals surface area contributed by atoms with E-state index in [2.05, 4.69) is 15.4 Å². The number of benzene rings is 1. The summed E-state index contributed by atoms with van der Waals surface area (Å²) in [4.78, 5) is 23.8. The van der Waals surface area contributed by atoms with E-state index in [1.165, 1.54) is 13.2 Å². The molecule has 0 bridgehead atoms. The Morgan fingerprint density at radius 1 is 1.14 bits per heavy atom. The molecule has 1 aromatic carbocycles. The van der Waals surface area contributed by atoms with E-state index in [0.29, 0.717) is 18.3 Å². The number of hydrogen-bond donors (Lipinski definition) is 2. The molecule has 1 amide bonds. The molecule has 0 unspecified atom stereocenters. The maximum Gasteiger partial charge on any atom is 0.305 e. The summed E-state index contributed by atoms with van der Waals surface area (Å²) in [5.74, 6) is -0.0621. The topological polar surface area (TPSA) is 67.4 Å². The molecule has 29 heavy (non-hydrogen) atoms. The minimum atomic E-state index is -0.430. The van der Waals surface area contributed by atoms with Gasteiger partial charge in [0.2, 0.25) is 0 Å². The molecular weight excluding hydrogens is 395 g/mol. The maximum absolute atomic E-state index is 14.6. The fourth-order valence-electron chi connectivity index (χ4n) is 4.41. The predicted molar refractivity (Wildman–Crippen MR) is 113 cm³/mol. The highest BCUT2D eigenvalue weighted by molar-refractivity contribution is 5.94. The van der Waals surface area contributed by atoms with E-state index in [1.807, 2.05) is 6.07 Å². The fourth-order valence-corrected chi connectivity index (χ4v) is 4.41. The first-order valence-electron chi connectivity index (χ1n) is 10.4. The monoisotopic (exact) mass is 426 g/mol. The fraction of sp³-hybridized carbons (Fsp3) is 0.636. The van der Waals surface area contributed by atoms with Crippen molar-refractivity contribution in [1.29, 1.82) is 0 Å². The van der Waals surface area contributed by atoms with Gasteiger partial charge in [-0.2, -0.15) is 0 Å². The van der Waals surface area contributed by atoms with E-state index >= 15 is 0 Å². The van der Waals surface area contributed by atoms with Gasteiger partial charge in [-0.3, -0.25) is 9.59 Å². The summed E-state index contributed by atoms with van der Waals surface area (Å²) < 4.78 is 19.2. The van der Waals surface area contributed by atoms with Crippen LogP contribution in [0.1, 0.15) is 73.2 Å². The molecule has 162 valence electrons. The molecule has 0 radical (unpaired) electrons. The molecule has 1 saturated carbocycles. The van der Waals surface area contributed by atoms with Gasteiger partial charge in [-0.05, 0) is 87.6 Å². The van der Waals surface area contributed by atoms with Crippen LogP contribution >= 0.6 is 12.4 Å². The molecule has 1 saturated heterocycles. The van der Waals surface area contributed by atoms with Crippen molar-refractivity contribution < 1.29 is 18.7 Å². The number of hydrogen-bond acceptors (Lipinski definition) is 4. The van der Waals surface area contributed by atoms with E-state index in [1.54, 1.807) is 6.07 Å². The van der Waals surface area contributed by atoms with Crippen molar-refractivity contribution in [3.8, 4) is 0 Å². The van der Waals surface area contributed by atoms with Gasteiger partial charge in [0.1, 0.15) is 5.82 Å². The second-order valence-electron chi connectivity index (χ2n) is 8.07. The zero-order valence-electron chi connectivity index (χ0n) is 17.0. The lowest BCUT2D eigenvalue weighted by Gasteiger charge is -2.29. The Bertz CT molecular complexity index is 687. The van der Waals surface area contributed by atoms with Crippen LogP contribution in [-0.2, 0) is 9.53 Å². The summed E-state index contributed by atoms with van der Waals surface area (Å²) in [6, 6.07) is 5.14. The second kappa shape index (κ2) is 11.5. The van der Waals surface area contributed by atoms with Crippen LogP contribution in [0.15, 0.2) is 18.2 Å². The van der Waals surface area contributed by atoms with Crippen molar-refractivity contribution in [2.24, 2.45) is 5.92 Å². The van der Waals surface area contributed by atoms with E-state index in [0.717, 1.165) is 63.6 Å². The lowest BCUT2D eigenvalue weighted by atomic mass is 9.83. The van der Waals surface area contributed by atoms with Crippen molar-refractivity contribution in [1.82, 2.24) is 10.6 Å². The Morgan fingerprint density at radius 3 is 2.45 bits per heavy atom. The van der Waals surface area contributed by atoms with Crippen molar-refractivity contribution in [2.45, 2.75) is 63.3 Å². The van der Waals surface area contributed by atoms with Gasteiger partial charge >= 0.3 is 5.97 Å². The third-order valence-corrected chi connectivity index (χ3v) is 6.21. The van der Waals surface area contributed by atoms with Gasteiger partial charge in [-0.1, -0.05) is 6.07 Å². The number of piperidine rings is 1. The molecule has 7 heteroatoms. The number of esters is 1. The van der Waals surface area contributed by atoms with Crippen LogP contribution in [0.4, 0.5) is 4.39 Å². The number of carbonyl (C=O) groups excluding carboxylic acids is 2. The third-order valence-electron chi connectivity index (χ3n) is 6.21. The van der Waals surface area contributed by atoms with Crippen molar-refractivity contribution in [3.05, 3.63) is 35.1 Å². The number of methoxy groups -OCH3 is 1. The molecule has 1 aromatic rings. The summed E-state index contributed by atoms with van der Waals surface area (Å²) in [6.07, 6.45) is 6.97. The van der Waals surface area contributed by atoms with E-state index in [4.69, 9.17) is 0 Å². The SMILES string of the molecule is COC(=O)CC[C@H]1CC[C@H](NC(=O)c2ccc(C3CCNCC3)cc2F)CC1.Cl. The van der Waals surface area contributed by atoms with Crippen LogP contribution in [0.25, 0.3) is 0 Å². The summed E-state index contributed by atoms with van der Waals surface area (Å²) in [6.45, 7) is 1.91. The van der Waals surface area contributed by atoms with Gasteiger partial charge in [-0.25, -0.2) is 4.39 Å². The second-order valence-corrected chi connectivity index (χ2v) is 8.07. The lowest BCUT2D eigenvalue weighted by Crippen LogP contribution is -2.38. The molecular formula is C22H32ClFN2O3. The van der Waals surface area contributed by atoms with Crippen molar-refractivity contribution in [2.75, 3.05) is 20.2 Å². The highest BCUT2D eigenvalue weighted by atomic mass is 35.5. The van der Waals surface area contributed by atoms with E-state index in [9.17, 15) is 14.0 Å². The summed E-state index contributed by atoms with van der Waals surface area (Å²) >= 11 is 0. The zero-order valence-corrected chi connectivity index (χ0v) is 17.9. The van der Waals surface area contributed by atoms with Crippen molar-refractivity contribution >= 4 is 24.3 Å². The van der Waals surface area contributed by atoms with Gasteiger partial charge in [0.15, 0.2) is 0 Å². The Labute approximate surface area is 178 Å². The molecule has 1 aliphatic heterocycles. The number of carbonyl (C=O) groups is 2. The van der Waals surface area contributed by atoms with Crippen LogP contribution in [-0.4, -0.2) is 38.1 Å². The van der Waals surface area contributed by atoms with E-state index in [-0.39, 0.29) is 35.9 Å². The molecule has 2 aliphatic rings. The average molecular weight is 427 g/mol. The first-order chi connectivity index (χ1) is 13.6. The van der Waals surface area contributed by atoms with Gasteiger partial charge in [0, 0.05) is 12.5 Å². The number of rotatable bonds is 6. The summed E-state index contributed by atoms with van der Waals surface area (Å²) in [5, 5.41) is 6.30. The molecule has 1 heterocycles. The average Bonchev–Trinajstić information content (AvgIpc) is 2.73. The molecule has 0 atom stereocenters. The Kier molecular flexibility index (Phi) is 9.37. The van der Waals surface area contributed by atoms with Crippen LogP contribution < -0.4 is 10.6 Å². The van der Waals surface area contributed by atoms with E-state index < -0.39 is 5.82 Å². The summed E-state index contributed by atoms with van der Waals surface area (Å²) in [5.41, 5.74) is 1.12. The highest BCUT2D eigenvalue weighted by Crippen LogP contribution is 2.29. The maximum atomic E-state index is 14.6. The van der Waals surface area contributed by atoms with Crippen LogP contribution in [0.5, 0.6) is 0 Å². The number of amides is 1. The first kappa shape index (κ1) is 23.6. The van der Waals surface area contributed by atoms with Crippen LogP contribution in [0.3, 0.4) is 0 Å². The lowest BCUT2D eigenvalue weighted by molar-refractivity contribution is -0.141. The van der Waals surface area contributed by atoms with Gasteiger partial charge in [0.05, 0.1) is 12.7 Å². The number of nitrogens with one attached hydrogen (secondary N) is 2. The number of halogens is 2. The minimum Gasteiger partial charge on any atom is -0.469 e. The first-order valence-corrected chi connectivity index (χ1v) is 10.4. The van der Waals surface area contributed by atoms with Gasteiger partial charge in [-0.15, -0.1) is 12.4 Å². The Morgan fingerprint density at radius 2 is 1.83 bits per heavy atom. The van der Waals surface area contributed by atoms with Gasteiger partial charge in [0.25, 0.3) is 5.91 Å². The van der Waals surface area contributed by atoms with Crippen LogP contribution in [0, 0.1) is 11.7 Å². The highest BCUT2D eigenvalue weighted by Gasteiger charge is 2.25. The Hall–Kier alpha value is -1.66. The minimum absolute atomic E-state index is 0. The number of ether oxygens (including phenoxy) is 1. The van der Waals surface area contributed by atoms with Crippen molar-refractivity contribution in [3.63, 3.8) is 0 Å². The molecule has 5 nitrogen and oxygen atoms in total. The molecule has 2 fully saturated rings. The largest absolute Gasteiger partial charge is 0.469 e. The third kappa shape index (κ3) is 6.68. The molecule has 3 rings (SSSR count).